The van der Waals surface area contributed by atoms with E-state index in [2.05, 4.69) is 0 Å². The molecule has 0 aliphatic rings. The number of ketones is 1. The maximum Gasteiger partial charge on any atom is 0.193 e. The van der Waals surface area contributed by atoms with Gasteiger partial charge in [-0.25, -0.2) is 0 Å². The van der Waals surface area contributed by atoms with Crippen LogP contribution in [-0.2, 0) is 0 Å². The number of aryl methyl sites for hydroxylation is 2. The van der Waals surface area contributed by atoms with Crippen LogP contribution in [0.15, 0.2) is 36.4 Å². The van der Waals surface area contributed by atoms with E-state index in [1.807, 2.05) is 32.0 Å². The fraction of sp³-hybridized carbons (Fsp3) is 0.133. The van der Waals surface area contributed by atoms with Gasteiger partial charge >= 0.3 is 0 Å². The molecule has 3 heteroatoms. The Balaban J connectivity index is 2.44. The summed E-state index contributed by atoms with van der Waals surface area (Å²) in [6, 6.07) is 10.7. The summed E-state index contributed by atoms with van der Waals surface area (Å²) in [5.41, 5.74) is 9.50. The van der Waals surface area contributed by atoms with Crippen molar-refractivity contribution in [1.82, 2.24) is 0 Å². The van der Waals surface area contributed by atoms with Crippen LogP contribution in [0.3, 0.4) is 0 Å². The van der Waals surface area contributed by atoms with E-state index in [-0.39, 0.29) is 5.78 Å². The Hall–Kier alpha value is -1.80. The van der Waals surface area contributed by atoms with Gasteiger partial charge in [-0.1, -0.05) is 35.4 Å². The summed E-state index contributed by atoms with van der Waals surface area (Å²) in [4.78, 5) is 12.3. The van der Waals surface area contributed by atoms with Crippen LogP contribution in [0, 0.1) is 13.8 Å². The second-order valence-electron chi connectivity index (χ2n) is 4.38. The minimum absolute atomic E-state index is 0.0316. The number of nitrogens with two attached hydrogens (primary N) is 1. The fourth-order valence-electron chi connectivity index (χ4n) is 1.91. The molecule has 0 atom stereocenters. The predicted molar refractivity (Wildman–Crippen MR) is 75.2 cm³/mol. The van der Waals surface area contributed by atoms with Crippen LogP contribution in [0.5, 0.6) is 0 Å². The summed E-state index contributed by atoms with van der Waals surface area (Å²) in [5.74, 6) is -0.0316. The van der Waals surface area contributed by atoms with Crippen molar-refractivity contribution in [2.75, 3.05) is 5.73 Å². The average molecular weight is 260 g/mol. The number of halogens is 1. The van der Waals surface area contributed by atoms with Gasteiger partial charge in [0.15, 0.2) is 5.78 Å². The molecule has 2 nitrogen and oxygen atoms in total. The number of hydrogen-bond donors (Lipinski definition) is 1. The lowest BCUT2D eigenvalue weighted by molar-refractivity contribution is 0.103. The van der Waals surface area contributed by atoms with E-state index >= 15 is 0 Å². The molecule has 0 saturated heterocycles. The first-order valence-corrected chi connectivity index (χ1v) is 6.04. The molecule has 2 rings (SSSR count). The maximum absolute atomic E-state index is 12.3. The molecule has 18 heavy (non-hydrogen) atoms. The van der Waals surface area contributed by atoms with Gasteiger partial charge in [-0.15, -0.1) is 0 Å². The van der Waals surface area contributed by atoms with E-state index < -0.39 is 0 Å². The number of benzene rings is 2. The molecule has 0 amide bonds. The smallest absolute Gasteiger partial charge is 0.193 e. The van der Waals surface area contributed by atoms with Crippen molar-refractivity contribution >= 4 is 23.1 Å². The average Bonchev–Trinajstić information content (AvgIpc) is 2.32. The molecule has 2 aromatic rings. The zero-order valence-electron chi connectivity index (χ0n) is 10.3. The molecule has 0 bridgehead atoms. The molecular formula is C15H14ClNO. The lowest BCUT2D eigenvalue weighted by Crippen LogP contribution is -2.04. The SMILES string of the molecule is Cc1ccc(C(=O)c2ccc(Cl)c(N)c2)c(C)c1. The highest BCUT2D eigenvalue weighted by Gasteiger charge is 2.12. The molecule has 92 valence electrons. The van der Waals surface area contributed by atoms with E-state index in [0.717, 1.165) is 11.1 Å². The molecule has 0 spiro atoms. The molecule has 0 radical (unpaired) electrons. The maximum atomic E-state index is 12.3. The third kappa shape index (κ3) is 2.39. The van der Waals surface area contributed by atoms with Crippen LogP contribution in [0.2, 0.25) is 5.02 Å². The van der Waals surface area contributed by atoms with Crippen molar-refractivity contribution in [3.63, 3.8) is 0 Å². The molecule has 2 aromatic carbocycles. The number of carbonyl (C=O) groups is 1. The summed E-state index contributed by atoms with van der Waals surface area (Å²) in [6.07, 6.45) is 0. The lowest BCUT2D eigenvalue weighted by Gasteiger charge is -2.07. The Labute approximate surface area is 111 Å². The lowest BCUT2D eigenvalue weighted by atomic mass is 9.97. The molecule has 0 aliphatic heterocycles. The van der Waals surface area contributed by atoms with Crippen molar-refractivity contribution in [3.8, 4) is 0 Å². The van der Waals surface area contributed by atoms with Gasteiger partial charge in [0, 0.05) is 11.1 Å². The van der Waals surface area contributed by atoms with E-state index in [9.17, 15) is 4.79 Å². The third-order valence-corrected chi connectivity index (χ3v) is 3.23. The van der Waals surface area contributed by atoms with Crippen LogP contribution in [0.1, 0.15) is 27.0 Å². The first kappa shape index (κ1) is 12.7. The molecule has 0 heterocycles. The zero-order chi connectivity index (χ0) is 13.3. The number of hydrogen-bond acceptors (Lipinski definition) is 2. The van der Waals surface area contributed by atoms with E-state index in [4.69, 9.17) is 17.3 Å². The third-order valence-electron chi connectivity index (χ3n) is 2.88. The Bertz CT molecular complexity index is 620. The fourth-order valence-corrected chi connectivity index (χ4v) is 2.03. The van der Waals surface area contributed by atoms with Crippen LogP contribution >= 0.6 is 11.6 Å². The zero-order valence-corrected chi connectivity index (χ0v) is 11.1. The van der Waals surface area contributed by atoms with Crippen molar-refractivity contribution in [2.45, 2.75) is 13.8 Å². The van der Waals surface area contributed by atoms with Gasteiger partial charge in [0.1, 0.15) is 0 Å². The normalized spacial score (nSPS) is 10.4. The number of anilines is 1. The molecule has 0 aromatic heterocycles. The Morgan fingerprint density at radius 1 is 1.11 bits per heavy atom. The van der Waals surface area contributed by atoms with E-state index in [1.165, 1.54) is 0 Å². The second-order valence-corrected chi connectivity index (χ2v) is 4.79. The topological polar surface area (TPSA) is 43.1 Å². The highest BCUT2D eigenvalue weighted by atomic mass is 35.5. The van der Waals surface area contributed by atoms with Gasteiger partial charge in [0.25, 0.3) is 0 Å². The van der Waals surface area contributed by atoms with E-state index in [0.29, 0.717) is 21.8 Å². The van der Waals surface area contributed by atoms with Crippen LogP contribution in [0.4, 0.5) is 5.69 Å². The number of nitrogen functional groups attached to an aromatic ring is 1. The van der Waals surface area contributed by atoms with Crippen molar-refractivity contribution in [1.29, 1.82) is 0 Å². The summed E-state index contributed by atoms with van der Waals surface area (Å²) in [5, 5.41) is 0.465. The minimum Gasteiger partial charge on any atom is -0.398 e. The van der Waals surface area contributed by atoms with Crippen molar-refractivity contribution < 1.29 is 4.79 Å². The first-order chi connectivity index (χ1) is 8.49. The summed E-state index contributed by atoms with van der Waals surface area (Å²) < 4.78 is 0. The van der Waals surface area contributed by atoms with Crippen LogP contribution in [-0.4, -0.2) is 5.78 Å². The monoisotopic (exact) mass is 259 g/mol. The quantitative estimate of drug-likeness (QED) is 0.659. The minimum atomic E-state index is -0.0316. The summed E-state index contributed by atoms with van der Waals surface area (Å²) in [7, 11) is 0. The van der Waals surface area contributed by atoms with Gasteiger partial charge in [-0.05, 0) is 37.6 Å². The highest BCUT2D eigenvalue weighted by Crippen LogP contribution is 2.22. The molecule has 0 fully saturated rings. The molecule has 2 N–H and O–H groups in total. The number of carbonyl (C=O) groups excluding carboxylic acids is 1. The Morgan fingerprint density at radius 2 is 1.83 bits per heavy atom. The van der Waals surface area contributed by atoms with Crippen molar-refractivity contribution in [3.05, 3.63) is 63.7 Å². The molecule has 0 unspecified atom stereocenters. The molecule has 0 aliphatic carbocycles. The van der Waals surface area contributed by atoms with Gasteiger partial charge in [0.2, 0.25) is 0 Å². The summed E-state index contributed by atoms with van der Waals surface area (Å²) >= 11 is 5.85. The standard InChI is InChI=1S/C15H14ClNO/c1-9-3-5-12(10(2)7-9)15(18)11-4-6-13(16)14(17)8-11/h3-8H,17H2,1-2H3. The van der Waals surface area contributed by atoms with Gasteiger partial charge in [-0.2, -0.15) is 0 Å². The van der Waals surface area contributed by atoms with Crippen molar-refractivity contribution in [2.24, 2.45) is 0 Å². The second kappa shape index (κ2) is 4.83. The van der Waals surface area contributed by atoms with Gasteiger partial charge in [-0.3, -0.25) is 4.79 Å². The number of rotatable bonds is 2. The highest BCUT2D eigenvalue weighted by molar-refractivity contribution is 6.33. The molecular weight excluding hydrogens is 246 g/mol. The Kier molecular flexibility index (Phi) is 3.39. The first-order valence-electron chi connectivity index (χ1n) is 5.66. The van der Waals surface area contributed by atoms with Gasteiger partial charge in [0.05, 0.1) is 10.7 Å². The van der Waals surface area contributed by atoms with Gasteiger partial charge < -0.3 is 5.73 Å². The predicted octanol–water partition coefficient (Wildman–Crippen LogP) is 3.77. The Morgan fingerprint density at radius 3 is 2.44 bits per heavy atom. The van der Waals surface area contributed by atoms with Crippen LogP contribution in [0.25, 0.3) is 0 Å². The van der Waals surface area contributed by atoms with E-state index in [1.54, 1.807) is 18.2 Å². The van der Waals surface area contributed by atoms with Crippen LogP contribution < -0.4 is 5.73 Å². The summed E-state index contributed by atoms with van der Waals surface area (Å²) in [6.45, 7) is 3.93. The largest absolute Gasteiger partial charge is 0.398 e. The molecule has 0 saturated carbocycles.